The van der Waals surface area contributed by atoms with Crippen molar-refractivity contribution >= 4 is 16.7 Å². The number of aromatic nitrogens is 5. The Labute approximate surface area is 104 Å². The molecule has 6 nitrogen and oxygen atoms in total. The van der Waals surface area contributed by atoms with E-state index in [0.717, 1.165) is 24.0 Å². The third-order valence-corrected chi connectivity index (χ3v) is 2.86. The van der Waals surface area contributed by atoms with Gasteiger partial charge >= 0.3 is 0 Å². The van der Waals surface area contributed by atoms with Gasteiger partial charge in [-0.3, -0.25) is 4.68 Å². The molecule has 2 aromatic heterocycles. The van der Waals surface area contributed by atoms with Gasteiger partial charge in [-0.15, -0.1) is 5.10 Å². The van der Waals surface area contributed by atoms with Gasteiger partial charge in [-0.25, -0.2) is 4.98 Å². The molecule has 0 bridgehead atoms. The number of hydrogen-bond donors (Lipinski definition) is 1. The molecule has 1 N–H and O–H groups in total. The Balaban J connectivity index is 1.85. The fourth-order valence-electron chi connectivity index (χ4n) is 1.23. The zero-order chi connectivity index (χ0) is 12.3. The van der Waals surface area contributed by atoms with Crippen LogP contribution in [0, 0.1) is 0 Å². The summed E-state index contributed by atoms with van der Waals surface area (Å²) >= 11 is 1.40. The standard InChI is InChI=1S/C10H16N6S/c1-10(2,3)8-13-9(17-14-8)11-4-6-16-7-5-12-15-16/h5,7H,4,6H2,1-3H3,(H,11,13,14). The fourth-order valence-corrected chi connectivity index (χ4v) is 2.01. The molecule has 2 heterocycles. The predicted octanol–water partition coefficient (Wildman–Crippen LogP) is 1.54. The first kappa shape index (κ1) is 12.0. The molecule has 0 amide bonds. The Hall–Kier alpha value is -1.50. The average molecular weight is 252 g/mol. The molecule has 0 unspecified atom stereocenters. The first-order valence-corrected chi connectivity index (χ1v) is 6.25. The molecular formula is C10H16N6S. The molecule has 0 spiro atoms. The molecule has 0 aliphatic rings. The van der Waals surface area contributed by atoms with Gasteiger partial charge in [0.05, 0.1) is 12.7 Å². The lowest BCUT2D eigenvalue weighted by Crippen LogP contribution is -2.14. The molecule has 2 aromatic rings. The van der Waals surface area contributed by atoms with Crippen LogP contribution in [0.25, 0.3) is 0 Å². The highest BCUT2D eigenvalue weighted by Gasteiger charge is 2.19. The van der Waals surface area contributed by atoms with Gasteiger partial charge in [0.15, 0.2) is 0 Å². The summed E-state index contributed by atoms with van der Waals surface area (Å²) in [5.74, 6) is 0.880. The summed E-state index contributed by atoms with van der Waals surface area (Å²) in [5.41, 5.74) is 0.00232. The third-order valence-electron chi connectivity index (χ3n) is 2.19. The molecule has 0 fully saturated rings. The van der Waals surface area contributed by atoms with Crippen molar-refractivity contribution in [2.45, 2.75) is 32.7 Å². The summed E-state index contributed by atoms with van der Waals surface area (Å²) in [6, 6.07) is 0. The highest BCUT2D eigenvalue weighted by molar-refractivity contribution is 7.09. The minimum atomic E-state index is 0.00232. The van der Waals surface area contributed by atoms with E-state index >= 15 is 0 Å². The summed E-state index contributed by atoms with van der Waals surface area (Å²) in [4.78, 5) is 4.45. The molecule has 0 aliphatic carbocycles. The second-order valence-electron chi connectivity index (χ2n) is 4.77. The highest BCUT2D eigenvalue weighted by Crippen LogP contribution is 2.22. The normalized spacial score (nSPS) is 11.7. The molecule has 7 heteroatoms. The van der Waals surface area contributed by atoms with E-state index in [0.29, 0.717) is 0 Å². The first-order valence-electron chi connectivity index (χ1n) is 5.48. The number of anilines is 1. The zero-order valence-corrected chi connectivity index (χ0v) is 11.0. The van der Waals surface area contributed by atoms with Gasteiger partial charge in [-0.2, -0.15) is 4.37 Å². The Kier molecular flexibility index (Phi) is 3.37. The van der Waals surface area contributed by atoms with Crippen LogP contribution in [0.1, 0.15) is 26.6 Å². The van der Waals surface area contributed by atoms with Gasteiger partial charge in [0.1, 0.15) is 5.82 Å². The summed E-state index contributed by atoms with van der Waals surface area (Å²) < 4.78 is 6.11. The maximum Gasteiger partial charge on any atom is 0.202 e. The van der Waals surface area contributed by atoms with Gasteiger partial charge in [-0.05, 0) is 0 Å². The van der Waals surface area contributed by atoms with Crippen molar-refractivity contribution in [2.24, 2.45) is 0 Å². The lowest BCUT2D eigenvalue weighted by atomic mass is 9.96. The van der Waals surface area contributed by atoms with E-state index in [9.17, 15) is 0 Å². The third kappa shape index (κ3) is 3.23. The Morgan fingerprint density at radius 1 is 1.41 bits per heavy atom. The topological polar surface area (TPSA) is 68.5 Å². The summed E-state index contributed by atoms with van der Waals surface area (Å²) in [7, 11) is 0. The van der Waals surface area contributed by atoms with Crippen LogP contribution in [0.3, 0.4) is 0 Å². The van der Waals surface area contributed by atoms with Crippen molar-refractivity contribution < 1.29 is 0 Å². The van der Waals surface area contributed by atoms with Crippen molar-refractivity contribution in [3.63, 3.8) is 0 Å². The summed E-state index contributed by atoms with van der Waals surface area (Å²) in [6.45, 7) is 7.85. The Morgan fingerprint density at radius 2 is 2.24 bits per heavy atom. The van der Waals surface area contributed by atoms with Crippen molar-refractivity contribution in [2.75, 3.05) is 11.9 Å². The lowest BCUT2D eigenvalue weighted by Gasteiger charge is -2.12. The van der Waals surface area contributed by atoms with Crippen LogP contribution in [0.2, 0.25) is 0 Å². The van der Waals surface area contributed by atoms with Crippen LogP contribution in [0.5, 0.6) is 0 Å². The highest BCUT2D eigenvalue weighted by atomic mass is 32.1. The van der Waals surface area contributed by atoms with E-state index in [1.165, 1.54) is 11.5 Å². The van der Waals surface area contributed by atoms with Crippen LogP contribution >= 0.6 is 11.5 Å². The number of nitrogens with zero attached hydrogens (tertiary/aromatic N) is 5. The summed E-state index contributed by atoms with van der Waals surface area (Å²) in [6.07, 6.45) is 3.50. The van der Waals surface area contributed by atoms with Crippen LogP contribution in [0.4, 0.5) is 5.13 Å². The van der Waals surface area contributed by atoms with Crippen LogP contribution in [-0.4, -0.2) is 30.9 Å². The van der Waals surface area contributed by atoms with Gasteiger partial charge in [-0.1, -0.05) is 26.0 Å². The van der Waals surface area contributed by atoms with Crippen molar-refractivity contribution in [3.8, 4) is 0 Å². The van der Waals surface area contributed by atoms with Gasteiger partial charge in [0.25, 0.3) is 0 Å². The van der Waals surface area contributed by atoms with Crippen LogP contribution in [0.15, 0.2) is 12.4 Å². The number of hydrogen-bond acceptors (Lipinski definition) is 6. The minimum Gasteiger partial charge on any atom is -0.358 e. The molecule has 0 saturated heterocycles. The second-order valence-corrected chi connectivity index (χ2v) is 5.52. The van der Waals surface area contributed by atoms with Crippen LogP contribution in [-0.2, 0) is 12.0 Å². The molecular weight excluding hydrogens is 236 g/mol. The molecule has 2 rings (SSSR count). The largest absolute Gasteiger partial charge is 0.358 e. The SMILES string of the molecule is CC(C)(C)c1nsc(NCCn2ccnn2)n1. The number of nitrogens with one attached hydrogen (secondary N) is 1. The number of rotatable bonds is 4. The van der Waals surface area contributed by atoms with E-state index in [-0.39, 0.29) is 5.41 Å². The molecule has 92 valence electrons. The van der Waals surface area contributed by atoms with E-state index in [2.05, 4.69) is 45.8 Å². The van der Waals surface area contributed by atoms with Gasteiger partial charge < -0.3 is 5.32 Å². The van der Waals surface area contributed by atoms with Gasteiger partial charge in [0.2, 0.25) is 5.13 Å². The molecule has 0 atom stereocenters. The minimum absolute atomic E-state index is 0.00232. The van der Waals surface area contributed by atoms with Gasteiger partial charge in [0, 0.05) is 29.7 Å². The van der Waals surface area contributed by atoms with E-state index in [1.54, 1.807) is 10.9 Å². The Bertz CT molecular complexity index is 455. The Morgan fingerprint density at radius 3 is 2.82 bits per heavy atom. The first-order chi connectivity index (χ1) is 8.05. The van der Waals surface area contributed by atoms with E-state index < -0.39 is 0 Å². The van der Waals surface area contributed by atoms with Crippen LogP contribution < -0.4 is 5.32 Å². The zero-order valence-electron chi connectivity index (χ0n) is 10.2. The quantitative estimate of drug-likeness (QED) is 0.894. The van der Waals surface area contributed by atoms with E-state index in [1.807, 2.05) is 6.20 Å². The molecule has 0 saturated carbocycles. The summed E-state index contributed by atoms with van der Waals surface area (Å²) in [5, 5.41) is 11.7. The lowest BCUT2D eigenvalue weighted by molar-refractivity contribution is 0.554. The fraction of sp³-hybridized carbons (Fsp3) is 0.600. The van der Waals surface area contributed by atoms with Crippen molar-refractivity contribution in [1.82, 2.24) is 24.4 Å². The molecule has 17 heavy (non-hydrogen) atoms. The maximum atomic E-state index is 4.45. The van der Waals surface area contributed by atoms with E-state index in [4.69, 9.17) is 0 Å². The monoisotopic (exact) mass is 252 g/mol. The van der Waals surface area contributed by atoms with Crippen molar-refractivity contribution in [1.29, 1.82) is 0 Å². The smallest absolute Gasteiger partial charge is 0.202 e. The molecule has 0 aliphatic heterocycles. The average Bonchev–Trinajstić information content (AvgIpc) is 2.86. The maximum absolute atomic E-state index is 4.45. The molecule has 0 radical (unpaired) electrons. The second kappa shape index (κ2) is 4.79. The predicted molar refractivity (Wildman–Crippen MR) is 67.1 cm³/mol. The van der Waals surface area contributed by atoms with Crippen molar-refractivity contribution in [3.05, 3.63) is 18.2 Å². The molecule has 0 aromatic carbocycles.